The number of aliphatic hydroxyl groups is 1. The Morgan fingerprint density at radius 1 is 1.00 bits per heavy atom. The van der Waals surface area contributed by atoms with E-state index in [4.69, 9.17) is 4.74 Å². The van der Waals surface area contributed by atoms with Gasteiger partial charge in [-0.3, -0.25) is 14.5 Å². The Labute approximate surface area is 281 Å². The number of nitrogens with zero attached hydrogens (tertiary/aromatic N) is 6. The molecule has 4 aromatic rings. The number of ether oxygens (including phenoxy) is 1. The third kappa shape index (κ3) is 5.58. The number of pyridine rings is 1. The SMILES string of the molecule is Cn1cc(-c2cc(F)cc(N3CCc4c(sc5c4CCCC5)C3=O)c2CO)cc(Nc2ccc(N3CCN(C4COC4)CC3)nn2)c1=O. The van der Waals surface area contributed by atoms with Crippen molar-refractivity contribution in [2.75, 3.05) is 61.1 Å². The molecule has 2 fully saturated rings. The Hall–Kier alpha value is -4.17. The minimum atomic E-state index is -0.534. The summed E-state index contributed by atoms with van der Waals surface area (Å²) in [6.45, 7) is 5.19. The molecule has 1 aliphatic carbocycles. The molecule has 0 spiro atoms. The van der Waals surface area contributed by atoms with Crippen LogP contribution in [0.25, 0.3) is 11.1 Å². The largest absolute Gasteiger partial charge is 0.392 e. The Kier molecular flexibility index (Phi) is 8.23. The Bertz CT molecular complexity index is 1930. The third-order valence-corrected chi connectivity index (χ3v) is 11.5. The Balaban J connectivity index is 1.06. The second kappa shape index (κ2) is 12.7. The van der Waals surface area contributed by atoms with Gasteiger partial charge in [-0.05, 0) is 79.1 Å². The van der Waals surface area contributed by atoms with Crippen molar-refractivity contribution in [3.05, 3.63) is 79.1 Å². The number of piperazine rings is 1. The first kappa shape index (κ1) is 31.1. The molecule has 13 heteroatoms. The molecule has 2 N–H and O–H groups in total. The lowest BCUT2D eigenvalue weighted by atomic mass is 9.91. The van der Waals surface area contributed by atoms with E-state index in [-0.39, 0.29) is 17.2 Å². The number of carbonyl (C=O) groups is 1. The van der Waals surface area contributed by atoms with Crippen LogP contribution >= 0.6 is 11.3 Å². The molecule has 0 unspecified atom stereocenters. The average Bonchev–Trinajstić information content (AvgIpc) is 3.46. The number of halogens is 1. The maximum absolute atomic E-state index is 15.4. The van der Waals surface area contributed by atoms with E-state index in [2.05, 4.69) is 25.3 Å². The number of nitrogens with one attached hydrogen (secondary N) is 1. The first-order chi connectivity index (χ1) is 23.4. The van der Waals surface area contributed by atoms with Crippen LogP contribution in [0.4, 0.5) is 27.4 Å². The van der Waals surface area contributed by atoms with Crippen LogP contribution in [0.2, 0.25) is 0 Å². The molecule has 250 valence electrons. The van der Waals surface area contributed by atoms with Gasteiger partial charge >= 0.3 is 0 Å². The fraction of sp³-hybridized carbons (Fsp3) is 0.429. The number of fused-ring (bicyclic) bond motifs is 3. The van der Waals surface area contributed by atoms with Crippen LogP contribution < -0.4 is 20.7 Å². The van der Waals surface area contributed by atoms with Gasteiger partial charge in [-0.2, -0.15) is 0 Å². The number of benzene rings is 1. The van der Waals surface area contributed by atoms with Gasteiger partial charge in [0.1, 0.15) is 11.5 Å². The van der Waals surface area contributed by atoms with Crippen molar-refractivity contribution in [1.82, 2.24) is 19.7 Å². The molecule has 1 aromatic carbocycles. The number of aromatic nitrogens is 3. The lowest BCUT2D eigenvalue weighted by molar-refractivity contribution is -0.0661. The number of aliphatic hydroxyl groups excluding tert-OH is 1. The molecule has 11 nitrogen and oxygen atoms in total. The van der Waals surface area contributed by atoms with Gasteiger partial charge < -0.3 is 29.5 Å². The van der Waals surface area contributed by atoms with E-state index in [1.807, 2.05) is 6.07 Å². The van der Waals surface area contributed by atoms with Crippen molar-refractivity contribution in [1.29, 1.82) is 0 Å². The van der Waals surface area contributed by atoms with E-state index in [0.29, 0.717) is 47.2 Å². The van der Waals surface area contributed by atoms with E-state index < -0.39 is 12.4 Å². The van der Waals surface area contributed by atoms with Crippen molar-refractivity contribution in [3.63, 3.8) is 0 Å². The lowest BCUT2D eigenvalue weighted by Crippen LogP contribution is -2.56. The maximum Gasteiger partial charge on any atom is 0.274 e. The number of hydrogen-bond donors (Lipinski definition) is 2. The fourth-order valence-corrected chi connectivity index (χ4v) is 8.82. The first-order valence-electron chi connectivity index (χ1n) is 16.6. The van der Waals surface area contributed by atoms with E-state index in [9.17, 15) is 14.7 Å². The third-order valence-electron chi connectivity index (χ3n) is 10.1. The zero-order valence-corrected chi connectivity index (χ0v) is 27.7. The van der Waals surface area contributed by atoms with Crippen molar-refractivity contribution in [2.45, 2.75) is 44.8 Å². The summed E-state index contributed by atoms with van der Waals surface area (Å²) in [6.07, 6.45) is 6.59. The summed E-state index contributed by atoms with van der Waals surface area (Å²) in [5, 5.41) is 22.5. The first-order valence-corrected chi connectivity index (χ1v) is 17.5. The van der Waals surface area contributed by atoms with Crippen LogP contribution in [0.5, 0.6) is 0 Å². The van der Waals surface area contributed by atoms with Gasteiger partial charge in [0.05, 0.1) is 36.4 Å². The highest BCUT2D eigenvalue weighted by molar-refractivity contribution is 7.14. The topological polar surface area (TPSA) is 116 Å². The molecule has 0 bridgehead atoms. The van der Waals surface area contributed by atoms with Gasteiger partial charge in [-0.15, -0.1) is 21.5 Å². The molecule has 6 heterocycles. The zero-order valence-electron chi connectivity index (χ0n) is 26.9. The minimum Gasteiger partial charge on any atom is -0.392 e. The number of amides is 1. The summed E-state index contributed by atoms with van der Waals surface area (Å²) in [7, 11) is 1.62. The summed E-state index contributed by atoms with van der Waals surface area (Å²) in [5.41, 5.74) is 4.09. The summed E-state index contributed by atoms with van der Waals surface area (Å²) in [4.78, 5) is 35.4. The van der Waals surface area contributed by atoms with Gasteiger partial charge in [0.2, 0.25) is 0 Å². The van der Waals surface area contributed by atoms with Gasteiger partial charge in [0.25, 0.3) is 11.5 Å². The molecule has 48 heavy (non-hydrogen) atoms. The summed E-state index contributed by atoms with van der Waals surface area (Å²) >= 11 is 1.57. The fourth-order valence-electron chi connectivity index (χ4n) is 7.43. The molecular formula is C35H38FN7O4S. The van der Waals surface area contributed by atoms with Gasteiger partial charge in [0.15, 0.2) is 11.6 Å². The monoisotopic (exact) mass is 671 g/mol. The van der Waals surface area contributed by atoms with Gasteiger partial charge in [0, 0.05) is 62.0 Å². The van der Waals surface area contributed by atoms with Gasteiger partial charge in [-0.25, -0.2) is 4.39 Å². The highest BCUT2D eigenvalue weighted by Gasteiger charge is 2.34. The van der Waals surface area contributed by atoms with E-state index in [1.54, 1.807) is 41.6 Å². The van der Waals surface area contributed by atoms with Crippen molar-refractivity contribution < 1.29 is 19.0 Å². The summed E-state index contributed by atoms with van der Waals surface area (Å²) in [5.74, 6) is 0.483. The number of thiophene rings is 1. The highest BCUT2D eigenvalue weighted by atomic mass is 32.1. The second-order valence-electron chi connectivity index (χ2n) is 13.0. The van der Waals surface area contributed by atoms with Crippen molar-refractivity contribution >= 4 is 40.3 Å². The maximum atomic E-state index is 15.4. The van der Waals surface area contributed by atoms with Crippen LogP contribution in [0.1, 0.15) is 44.1 Å². The lowest BCUT2D eigenvalue weighted by Gasteiger charge is -2.42. The predicted molar refractivity (Wildman–Crippen MR) is 183 cm³/mol. The zero-order chi connectivity index (χ0) is 32.9. The number of carbonyl (C=O) groups excluding carboxylic acids is 1. The Morgan fingerprint density at radius 3 is 2.54 bits per heavy atom. The van der Waals surface area contributed by atoms with E-state index in [1.165, 1.54) is 27.1 Å². The van der Waals surface area contributed by atoms with Crippen LogP contribution in [-0.4, -0.2) is 82.7 Å². The normalized spacial score (nSPS) is 18.4. The molecule has 0 saturated carbocycles. The van der Waals surface area contributed by atoms with Crippen LogP contribution in [-0.2, 0) is 37.7 Å². The smallest absolute Gasteiger partial charge is 0.274 e. The van der Waals surface area contributed by atoms with E-state index >= 15 is 4.39 Å². The molecule has 4 aliphatic rings. The minimum absolute atomic E-state index is 0.151. The molecule has 1 amide bonds. The molecule has 8 rings (SSSR count). The molecule has 3 aliphatic heterocycles. The highest BCUT2D eigenvalue weighted by Crippen LogP contribution is 2.41. The summed E-state index contributed by atoms with van der Waals surface area (Å²) < 4.78 is 22.1. The number of hydrogen-bond acceptors (Lipinski definition) is 10. The van der Waals surface area contributed by atoms with Crippen molar-refractivity contribution in [3.8, 4) is 11.1 Å². The molecular weight excluding hydrogens is 633 g/mol. The quantitative estimate of drug-likeness (QED) is 0.302. The average molecular weight is 672 g/mol. The number of anilines is 4. The van der Waals surface area contributed by atoms with Crippen LogP contribution in [0.3, 0.4) is 0 Å². The standard InChI is InChI=1S/C35H38FN7O4S/c1-40-17-21(14-28(34(40)45)37-31-6-7-32(39-38-31)42-12-10-41(11-13-42)23-19-47-20-23)26-15-22(36)16-29(27(26)18-44)43-9-8-25-24-4-2-3-5-30(24)48-33(25)35(43)46/h6-7,14-17,23,44H,2-5,8-13,18-20H2,1H3,(H,37,38). The second-order valence-corrected chi connectivity index (χ2v) is 14.1. The molecule has 2 saturated heterocycles. The molecule has 0 atom stereocenters. The number of aryl methyl sites for hydroxylation is 2. The van der Waals surface area contributed by atoms with Crippen molar-refractivity contribution in [2.24, 2.45) is 7.05 Å². The summed E-state index contributed by atoms with van der Waals surface area (Å²) in [6, 6.07) is 8.49. The Morgan fingerprint density at radius 2 is 1.81 bits per heavy atom. The van der Waals surface area contributed by atoms with Gasteiger partial charge in [-0.1, -0.05) is 0 Å². The van der Waals surface area contributed by atoms with Crippen LogP contribution in [0, 0.1) is 5.82 Å². The van der Waals surface area contributed by atoms with Crippen LogP contribution in [0.15, 0.2) is 41.3 Å². The molecule has 3 aromatic heterocycles. The molecule has 0 radical (unpaired) electrons. The number of rotatable bonds is 7. The predicted octanol–water partition coefficient (Wildman–Crippen LogP) is 3.88. The van der Waals surface area contributed by atoms with E-state index in [0.717, 1.165) is 81.3 Å².